The molecule has 0 atom stereocenters. The lowest BCUT2D eigenvalue weighted by Gasteiger charge is -2.03. The third-order valence-corrected chi connectivity index (χ3v) is 2.14. The van der Waals surface area contributed by atoms with Crippen molar-refractivity contribution >= 4 is 5.78 Å². The van der Waals surface area contributed by atoms with Crippen molar-refractivity contribution in [3.05, 3.63) is 29.8 Å². The number of rotatable bonds is 1. The molecule has 68 valence electrons. The summed E-state index contributed by atoms with van der Waals surface area (Å²) in [6.45, 7) is 6.29. The Labute approximate surface area is 77.4 Å². The van der Waals surface area contributed by atoms with E-state index in [4.69, 9.17) is 0 Å². The average Bonchev–Trinajstić information content (AvgIpc) is 2.46. The van der Waals surface area contributed by atoms with Gasteiger partial charge in [0.1, 0.15) is 0 Å². The number of aryl methyl sites for hydroxylation is 1. The number of hydrogen-bond acceptors (Lipinski definition) is 2. The zero-order valence-electron chi connectivity index (χ0n) is 8.15. The molecule has 0 saturated heterocycles. The molecule has 0 bridgehead atoms. The molecule has 0 spiro atoms. The van der Waals surface area contributed by atoms with Gasteiger partial charge in [-0.3, -0.25) is 4.40 Å². The molecule has 3 nitrogen and oxygen atoms in total. The van der Waals surface area contributed by atoms with Crippen molar-refractivity contribution in [2.45, 2.75) is 26.7 Å². The fourth-order valence-electron chi connectivity index (χ4n) is 1.40. The summed E-state index contributed by atoms with van der Waals surface area (Å²) >= 11 is 0. The van der Waals surface area contributed by atoms with Crippen molar-refractivity contribution in [1.82, 2.24) is 14.4 Å². The minimum Gasteiger partial charge on any atom is -0.288 e. The Kier molecular flexibility index (Phi) is 1.79. The van der Waals surface area contributed by atoms with Crippen LogP contribution in [0.15, 0.2) is 18.5 Å². The summed E-state index contributed by atoms with van der Waals surface area (Å²) in [6, 6.07) is 2.00. The highest BCUT2D eigenvalue weighted by Gasteiger charge is 2.06. The number of imidazole rings is 1. The molecule has 0 aliphatic heterocycles. The van der Waals surface area contributed by atoms with Gasteiger partial charge in [0.05, 0.1) is 6.20 Å². The fourth-order valence-corrected chi connectivity index (χ4v) is 1.40. The Morgan fingerprint density at radius 3 is 2.85 bits per heavy atom. The van der Waals surface area contributed by atoms with Crippen LogP contribution < -0.4 is 0 Å². The van der Waals surface area contributed by atoms with Crippen LogP contribution in [-0.2, 0) is 0 Å². The zero-order valence-corrected chi connectivity index (χ0v) is 8.15. The second-order valence-corrected chi connectivity index (χ2v) is 3.58. The highest BCUT2D eigenvalue weighted by molar-refractivity contribution is 5.33. The molecule has 13 heavy (non-hydrogen) atoms. The highest BCUT2D eigenvalue weighted by atomic mass is 15.1. The first kappa shape index (κ1) is 8.23. The lowest BCUT2D eigenvalue weighted by molar-refractivity contribution is 0.804. The van der Waals surface area contributed by atoms with Crippen LogP contribution in [0.1, 0.15) is 31.2 Å². The molecule has 2 aromatic rings. The van der Waals surface area contributed by atoms with Gasteiger partial charge >= 0.3 is 0 Å². The number of hydrogen-bond donors (Lipinski definition) is 0. The van der Waals surface area contributed by atoms with Crippen LogP contribution in [-0.4, -0.2) is 14.4 Å². The molecule has 2 heterocycles. The lowest BCUT2D eigenvalue weighted by atomic mass is 10.1. The molecule has 0 fully saturated rings. The van der Waals surface area contributed by atoms with Gasteiger partial charge in [0, 0.05) is 17.6 Å². The van der Waals surface area contributed by atoms with Crippen LogP contribution in [0.25, 0.3) is 5.78 Å². The van der Waals surface area contributed by atoms with Crippen LogP contribution in [0.5, 0.6) is 0 Å². The van der Waals surface area contributed by atoms with Crippen LogP contribution in [0, 0.1) is 6.92 Å². The van der Waals surface area contributed by atoms with Gasteiger partial charge in [-0.15, -0.1) is 0 Å². The summed E-state index contributed by atoms with van der Waals surface area (Å²) in [6.07, 6.45) is 3.92. The minimum absolute atomic E-state index is 0.486. The molecule has 2 aromatic heterocycles. The van der Waals surface area contributed by atoms with Crippen LogP contribution in [0.2, 0.25) is 0 Å². The van der Waals surface area contributed by atoms with Crippen molar-refractivity contribution in [1.29, 1.82) is 0 Å². The number of nitrogens with zero attached hydrogens (tertiary/aromatic N) is 3. The van der Waals surface area contributed by atoms with Gasteiger partial charge in [-0.1, -0.05) is 13.8 Å². The van der Waals surface area contributed by atoms with Gasteiger partial charge in [0.15, 0.2) is 0 Å². The molecule has 0 saturated carbocycles. The third kappa shape index (κ3) is 1.30. The van der Waals surface area contributed by atoms with Crippen molar-refractivity contribution in [2.75, 3.05) is 0 Å². The summed E-state index contributed by atoms with van der Waals surface area (Å²) in [5, 5.41) is 0. The molecule has 3 heteroatoms. The van der Waals surface area contributed by atoms with Gasteiger partial charge in [0.25, 0.3) is 0 Å². The Morgan fingerprint density at radius 1 is 1.38 bits per heavy atom. The fraction of sp³-hybridized carbons (Fsp3) is 0.400. The van der Waals surface area contributed by atoms with Crippen LogP contribution >= 0.6 is 0 Å². The first-order valence-electron chi connectivity index (χ1n) is 4.49. The smallest absolute Gasteiger partial charge is 0.234 e. The van der Waals surface area contributed by atoms with Gasteiger partial charge < -0.3 is 0 Å². The van der Waals surface area contributed by atoms with Gasteiger partial charge in [-0.2, -0.15) is 0 Å². The maximum Gasteiger partial charge on any atom is 0.234 e. The van der Waals surface area contributed by atoms with E-state index in [9.17, 15) is 0 Å². The molecule has 2 rings (SSSR count). The third-order valence-electron chi connectivity index (χ3n) is 2.14. The van der Waals surface area contributed by atoms with E-state index in [2.05, 4.69) is 23.8 Å². The SMILES string of the molecule is Cc1ccn2c(C(C)C)cnc2n1. The van der Waals surface area contributed by atoms with E-state index in [1.54, 1.807) is 0 Å². The van der Waals surface area contributed by atoms with E-state index in [0.717, 1.165) is 11.5 Å². The molecule has 0 radical (unpaired) electrons. The van der Waals surface area contributed by atoms with E-state index in [1.807, 2.05) is 29.8 Å². The van der Waals surface area contributed by atoms with Crippen LogP contribution in [0.3, 0.4) is 0 Å². The monoisotopic (exact) mass is 175 g/mol. The predicted octanol–water partition coefficient (Wildman–Crippen LogP) is 2.16. The second kappa shape index (κ2) is 2.83. The Morgan fingerprint density at radius 2 is 2.15 bits per heavy atom. The van der Waals surface area contributed by atoms with Gasteiger partial charge in [-0.25, -0.2) is 9.97 Å². The average molecular weight is 175 g/mol. The van der Waals surface area contributed by atoms with E-state index in [0.29, 0.717) is 5.92 Å². The summed E-state index contributed by atoms with van der Waals surface area (Å²) in [4.78, 5) is 8.58. The Hall–Kier alpha value is -1.38. The topological polar surface area (TPSA) is 30.2 Å². The Balaban J connectivity index is 2.69. The predicted molar refractivity (Wildman–Crippen MR) is 51.8 cm³/mol. The quantitative estimate of drug-likeness (QED) is 0.664. The summed E-state index contributed by atoms with van der Waals surface area (Å²) in [5.74, 6) is 1.28. The van der Waals surface area contributed by atoms with Crippen molar-refractivity contribution in [3.8, 4) is 0 Å². The standard InChI is InChI=1S/C10H13N3/c1-7(2)9-6-11-10-12-8(3)4-5-13(9)10/h4-7H,1-3H3. The molecular formula is C10H13N3. The van der Waals surface area contributed by atoms with E-state index >= 15 is 0 Å². The highest BCUT2D eigenvalue weighted by Crippen LogP contribution is 2.14. The van der Waals surface area contributed by atoms with Gasteiger partial charge in [-0.05, 0) is 18.9 Å². The van der Waals surface area contributed by atoms with E-state index in [-0.39, 0.29) is 0 Å². The van der Waals surface area contributed by atoms with Crippen molar-refractivity contribution < 1.29 is 0 Å². The molecule has 0 amide bonds. The minimum atomic E-state index is 0.486. The lowest BCUT2D eigenvalue weighted by Crippen LogP contribution is -1.96. The maximum absolute atomic E-state index is 4.33. The molecule has 0 unspecified atom stereocenters. The molecular weight excluding hydrogens is 162 g/mol. The van der Waals surface area contributed by atoms with Gasteiger partial charge in [0.2, 0.25) is 5.78 Å². The molecule has 0 aliphatic rings. The first-order valence-corrected chi connectivity index (χ1v) is 4.49. The summed E-state index contributed by atoms with van der Waals surface area (Å²) < 4.78 is 2.04. The summed E-state index contributed by atoms with van der Waals surface area (Å²) in [5.41, 5.74) is 2.22. The Bertz CT molecular complexity index is 429. The van der Waals surface area contributed by atoms with Crippen molar-refractivity contribution in [2.24, 2.45) is 0 Å². The second-order valence-electron chi connectivity index (χ2n) is 3.58. The molecule has 0 N–H and O–H groups in total. The molecule has 0 aliphatic carbocycles. The number of fused-ring (bicyclic) bond motifs is 1. The first-order chi connectivity index (χ1) is 6.18. The summed E-state index contributed by atoms with van der Waals surface area (Å²) in [7, 11) is 0. The maximum atomic E-state index is 4.33. The largest absolute Gasteiger partial charge is 0.288 e. The molecule has 0 aromatic carbocycles. The van der Waals surface area contributed by atoms with Crippen LogP contribution in [0.4, 0.5) is 0 Å². The van der Waals surface area contributed by atoms with E-state index < -0.39 is 0 Å². The zero-order chi connectivity index (χ0) is 9.42. The van der Waals surface area contributed by atoms with E-state index in [1.165, 1.54) is 5.69 Å². The normalized spacial score (nSPS) is 11.4. The number of aromatic nitrogens is 3. The van der Waals surface area contributed by atoms with Crippen molar-refractivity contribution in [3.63, 3.8) is 0 Å².